The fourth-order valence-electron chi connectivity index (χ4n) is 3.06. The van der Waals surface area contributed by atoms with E-state index < -0.39 is 0 Å². The first-order valence-electron chi connectivity index (χ1n) is 7.83. The zero-order valence-corrected chi connectivity index (χ0v) is 13.3. The number of aromatic amines is 2. The van der Waals surface area contributed by atoms with Crippen LogP contribution in [0.3, 0.4) is 0 Å². The molecule has 1 aromatic carbocycles. The molecule has 4 aromatic rings. The Labute approximate surface area is 138 Å². The zero-order chi connectivity index (χ0) is 16.5. The molecule has 0 radical (unpaired) electrons. The van der Waals surface area contributed by atoms with Crippen LogP contribution >= 0.6 is 0 Å². The van der Waals surface area contributed by atoms with Gasteiger partial charge in [0.1, 0.15) is 11.3 Å². The van der Waals surface area contributed by atoms with Crippen LogP contribution in [-0.4, -0.2) is 15.0 Å². The van der Waals surface area contributed by atoms with E-state index in [1.807, 2.05) is 43.5 Å². The molecule has 0 aliphatic carbocycles. The first kappa shape index (κ1) is 14.4. The van der Waals surface area contributed by atoms with Crippen molar-refractivity contribution in [1.29, 1.82) is 0 Å². The number of H-pyrrole nitrogens is 2. The van der Waals surface area contributed by atoms with E-state index >= 15 is 0 Å². The summed E-state index contributed by atoms with van der Waals surface area (Å²) in [7, 11) is 0. The summed E-state index contributed by atoms with van der Waals surface area (Å²) >= 11 is 0. The van der Waals surface area contributed by atoms with Gasteiger partial charge in [0.25, 0.3) is 5.56 Å². The smallest absolute Gasteiger partial charge is 0.260 e. The third kappa shape index (κ3) is 2.40. The van der Waals surface area contributed by atoms with Gasteiger partial charge in [-0.1, -0.05) is 30.3 Å². The van der Waals surface area contributed by atoms with E-state index in [0.717, 1.165) is 23.5 Å². The van der Waals surface area contributed by atoms with E-state index in [0.29, 0.717) is 11.0 Å². The van der Waals surface area contributed by atoms with Gasteiger partial charge in [0.05, 0.1) is 11.7 Å². The van der Waals surface area contributed by atoms with Crippen LogP contribution in [0.2, 0.25) is 0 Å². The predicted octanol–water partition coefficient (Wildman–Crippen LogP) is 2.56. The summed E-state index contributed by atoms with van der Waals surface area (Å²) < 4.78 is 2.17. The molecule has 0 atom stereocenters. The van der Waals surface area contributed by atoms with Crippen LogP contribution in [0.4, 0.5) is 0 Å². The maximum Gasteiger partial charge on any atom is 0.260 e. The highest BCUT2D eigenvalue weighted by Gasteiger charge is 2.20. The van der Waals surface area contributed by atoms with Crippen LogP contribution in [0.25, 0.3) is 22.4 Å². The normalized spacial score (nSPS) is 11.0. The van der Waals surface area contributed by atoms with Gasteiger partial charge >= 0.3 is 0 Å². The number of hydrogen-bond acceptors (Lipinski definition) is 2. The summed E-state index contributed by atoms with van der Waals surface area (Å²) in [5.41, 5.74) is 4.57. The molecular formula is C19H17N4O+. The highest BCUT2D eigenvalue weighted by Crippen LogP contribution is 2.24. The fraction of sp³-hybridized carbons (Fsp3) is 0.105. The molecule has 0 unspecified atom stereocenters. The van der Waals surface area contributed by atoms with Crippen molar-refractivity contribution >= 4 is 11.0 Å². The van der Waals surface area contributed by atoms with E-state index in [-0.39, 0.29) is 5.56 Å². The number of pyridine rings is 1. The molecule has 24 heavy (non-hydrogen) atoms. The second kappa shape index (κ2) is 5.77. The van der Waals surface area contributed by atoms with Crippen LogP contribution < -0.4 is 10.1 Å². The minimum atomic E-state index is -0.120. The van der Waals surface area contributed by atoms with Crippen LogP contribution in [0.5, 0.6) is 0 Å². The molecule has 3 heterocycles. The van der Waals surface area contributed by atoms with Crippen molar-refractivity contribution in [1.82, 2.24) is 15.0 Å². The molecule has 0 amide bonds. The Hall–Kier alpha value is -3.21. The van der Waals surface area contributed by atoms with Crippen LogP contribution in [0.1, 0.15) is 11.1 Å². The maximum atomic E-state index is 12.1. The molecule has 0 bridgehead atoms. The Balaban J connectivity index is 1.88. The number of nitrogens with one attached hydrogen (secondary N) is 2. The Morgan fingerprint density at radius 3 is 2.67 bits per heavy atom. The SMILES string of the molecule is Cc1c(-c2cccc[n+]2Cc2ccccc2)[nH]c2nc[nH]c(=O)c12. The second-order valence-corrected chi connectivity index (χ2v) is 5.78. The molecule has 2 N–H and O–H groups in total. The third-order valence-electron chi connectivity index (χ3n) is 4.24. The molecule has 5 nitrogen and oxygen atoms in total. The Bertz CT molecular complexity index is 1060. The van der Waals surface area contributed by atoms with Crippen molar-refractivity contribution in [3.8, 4) is 11.4 Å². The van der Waals surface area contributed by atoms with Crippen molar-refractivity contribution < 1.29 is 4.57 Å². The number of nitrogens with zero attached hydrogens (tertiary/aromatic N) is 2. The lowest BCUT2D eigenvalue weighted by molar-refractivity contribution is -0.677. The van der Waals surface area contributed by atoms with Gasteiger partial charge in [-0.2, -0.15) is 4.57 Å². The van der Waals surface area contributed by atoms with E-state index in [1.54, 1.807) is 0 Å². The molecule has 5 heteroatoms. The van der Waals surface area contributed by atoms with Crippen LogP contribution in [-0.2, 0) is 6.54 Å². The molecule has 0 aliphatic heterocycles. The fourth-order valence-corrected chi connectivity index (χ4v) is 3.06. The molecule has 4 rings (SSSR count). The van der Waals surface area contributed by atoms with Crippen LogP contribution in [0, 0.1) is 6.92 Å². The number of aryl methyl sites for hydroxylation is 1. The Morgan fingerprint density at radius 2 is 1.88 bits per heavy atom. The van der Waals surface area contributed by atoms with Gasteiger partial charge in [-0.3, -0.25) is 4.79 Å². The van der Waals surface area contributed by atoms with Crippen molar-refractivity contribution in [2.24, 2.45) is 0 Å². The van der Waals surface area contributed by atoms with E-state index in [4.69, 9.17) is 0 Å². The van der Waals surface area contributed by atoms with E-state index in [1.165, 1.54) is 11.9 Å². The topological polar surface area (TPSA) is 65.4 Å². The van der Waals surface area contributed by atoms with Crippen molar-refractivity contribution in [3.05, 3.63) is 82.5 Å². The Morgan fingerprint density at radius 1 is 1.08 bits per heavy atom. The highest BCUT2D eigenvalue weighted by molar-refractivity contribution is 5.85. The van der Waals surface area contributed by atoms with Gasteiger partial charge in [-0.25, -0.2) is 4.98 Å². The molecule has 0 spiro atoms. The summed E-state index contributed by atoms with van der Waals surface area (Å²) in [6.07, 6.45) is 3.47. The van der Waals surface area contributed by atoms with Crippen molar-refractivity contribution in [2.75, 3.05) is 0 Å². The van der Waals surface area contributed by atoms with Crippen molar-refractivity contribution in [3.63, 3.8) is 0 Å². The van der Waals surface area contributed by atoms with Gasteiger partial charge in [0.15, 0.2) is 12.7 Å². The van der Waals surface area contributed by atoms with Crippen LogP contribution in [0.15, 0.2) is 65.8 Å². The number of hydrogen-bond donors (Lipinski definition) is 2. The monoisotopic (exact) mass is 317 g/mol. The summed E-state index contributed by atoms with van der Waals surface area (Å²) in [5.74, 6) is 0. The third-order valence-corrected chi connectivity index (χ3v) is 4.24. The average Bonchev–Trinajstić information content (AvgIpc) is 2.94. The standard InChI is InChI=1S/C19H16N4O/c1-13-16-18(20-12-21-19(16)24)22-17(13)15-9-5-6-10-23(15)11-14-7-3-2-4-8-14/h2-10,12H,11H2,1H3,(H,20,21,22,24)/p+1. The lowest BCUT2D eigenvalue weighted by Gasteiger charge is -2.04. The molecule has 0 aliphatic rings. The first-order chi connectivity index (χ1) is 11.7. The van der Waals surface area contributed by atoms with Gasteiger partial charge < -0.3 is 9.97 Å². The second-order valence-electron chi connectivity index (χ2n) is 5.78. The molecule has 0 fully saturated rings. The number of benzene rings is 1. The molecule has 3 aromatic heterocycles. The predicted molar refractivity (Wildman–Crippen MR) is 92.6 cm³/mol. The van der Waals surface area contributed by atoms with Gasteiger partial charge in [-0.15, -0.1) is 0 Å². The van der Waals surface area contributed by atoms with E-state index in [9.17, 15) is 4.79 Å². The lowest BCUT2D eigenvalue weighted by atomic mass is 10.1. The Kier molecular flexibility index (Phi) is 3.46. The quantitative estimate of drug-likeness (QED) is 0.570. The first-order valence-corrected chi connectivity index (χ1v) is 7.83. The minimum absolute atomic E-state index is 0.120. The van der Waals surface area contributed by atoms with Gasteiger partial charge in [0.2, 0.25) is 5.69 Å². The maximum absolute atomic E-state index is 12.1. The molecule has 0 saturated heterocycles. The van der Waals surface area contributed by atoms with Crippen molar-refractivity contribution in [2.45, 2.75) is 13.5 Å². The zero-order valence-electron chi connectivity index (χ0n) is 13.3. The lowest BCUT2D eigenvalue weighted by Crippen LogP contribution is -2.36. The largest absolute Gasteiger partial charge is 0.334 e. The number of aromatic nitrogens is 4. The van der Waals surface area contributed by atoms with E-state index in [2.05, 4.69) is 37.7 Å². The molecule has 0 saturated carbocycles. The average molecular weight is 317 g/mol. The summed E-state index contributed by atoms with van der Waals surface area (Å²) in [4.78, 5) is 22.3. The van der Waals surface area contributed by atoms with Gasteiger partial charge in [-0.05, 0) is 18.6 Å². The molecular weight excluding hydrogens is 300 g/mol. The summed E-state index contributed by atoms with van der Waals surface area (Å²) in [5, 5.41) is 0.614. The molecule has 118 valence electrons. The minimum Gasteiger partial charge on any atom is -0.334 e. The number of rotatable bonds is 3. The highest BCUT2D eigenvalue weighted by atomic mass is 16.1. The number of fused-ring (bicyclic) bond motifs is 1. The summed E-state index contributed by atoms with van der Waals surface area (Å²) in [6.45, 7) is 2.71. The summed E-state index contributed by atoms with van der Waals surface area (Å²) in [6, 6.07) is 16.4. The van der Waals surface area contributed by atoms with Gasteiger partial charge in [0, 0.05) is 17.7 Å².